The number of benzene rings is 1. The van der Waals surface area contributed by atoms with Crippen LogP contribution < -0.4 is 0 Å². The minimum absolute atomic E-state index is 0.000581. The predicted octanol–water partition coefficient (Wildman–Crippen LogP) is 5.90. The minimum atomic E-state index is -0.155. The van der Waals surface area contributed by atoms with Crippen molar-refractivity contribution in [2.45, 2.75) is 24.1 Å². The first kappa shape index (κ1) is 18.8. The molecule has 0 spiro atoms. The first-order valence-corrected chi connectivity index (χ1v) is 9.05. The van der Waals surface area contributed by atoms with E-state index in [1.54, 1.807) is 23.9 Å². The quantitative estimate of drug-likeness (QED) is 0.596. The number of amides is 1. The molecule has 0 saturated heterocycles. The van der Waals surface area contributed by atoms with Crippen LogP contribution in [0, 0.1) is 0 Å². The van der Waals surface area contributed by atoms with Gasteiger partial charge in [-0.3, -0.25) is 9.69 Å². The zero-order valence-corrected chi connectivity index (χ0v) is 15.5. The molecule has 2 rings (SSSR count). The van der Waals surface area contributed by atoms with Gasteiger partial charge in [0, 0.05) is 10.6 Å². The van der Waals surface area contributed by atoms with E-state index in [1.807, 2.05) is 79.5 Å². The predicted molar refractivity (Wildman–Crippen MR) is 108 cm³/mol. The summed E-state index contributed by atoms with van der Waals surface area (Å²) in [4.78, 5) is 16.1. The van der Waals surface area contributed by atoms with Gasteiger partial charge in [-0.25, -0.2) is 0 Å². The number of carbonyl (C=O) groups excluding carboxylic acids is 1. The van der Waals surface area contributed by atoms with Crippen LogP contribution in [0.4, 0.5) is 0 Å². The number of thioether (sulfide) groups is 1. The molecule has 1 aromatic carbocycles. The van der Waals surface area contributed by atoms with Crippen molar-refractivity contribution in [3.05, 3.63) is 103 Å². The molecule has 1 atom stereocenters. The lowest BCUT2D eigenvalue weighted by atomic mass is 10.1. The van der Waals surface area contributed by atoms with E-state index in [1.165, 1.54) is 0 Å². The Kier molecular flexibility index (Phi) is 6.84. The molecule has 1 aliphatic heterocycles. The standard InChI is InChI=1S/C22H23NOS/c1-5-9-14-18(8-4)23-21(24)19-15-10-11-16-20(19)25-22(23)17(12-6-2)13-7-3/h5-16,22H,1-2H2,3-4H3/b13-7-,14-9-,17-12+,18-8+. The van der Waals surface area contributed by atoms with Crippen molar-refractivity contribution >= 4 is 17.7 Å². The van der Waals surface area contributed by atoms with E-state index >= 15 is 0 Å². The van der Waals surface area contributed by atoms with Crippen LogP contribution in [0.2, 0.25) is 0 Å². The van der Waals surface area contributed by atoms with Gasteiger partial charge in [0.05, 0.1) is 5.56 Å². The summed E-state index contributed by atoms with van der Waals surface area (Å²) in [5.41, 5.74) is 2.60. The van der Waals surface area contributed by atoms with Crippen molar-refractivity contribution in [3.8, 4) is 0 Å². The van der Waals surface area contributed by atoms with Crippen LogP contribution in [0.15, 0.2) is 102 Å². The van der Waals surface area contributed by atoms with Crippen LogP contribution in [-0.4, -0.2) is 16.2 Å². The molecule has 1 aliphatic rings. The van der Waals surface area contributed by atoms with Crippen LogP contribution in [0.1, 0.15) is 24.2 Å². The Balaban J connectivity index is 2.62. The number of allylic oxidation sites excluding steroid dienone is 7. The van der Waals surface area contributed by atoms with Gasteiger partial charge in [0.25, 0.3) is 5.91 Å². The number of rotatable bonds is 6. The highest BCUT2D eigenvalue weighted by molar-refractivity contribution is 8.00. The molecule has 1 unspecified atom stereocenters. The molecule has 0 aromatic heterocycles. The minimum Gasteiger partial charge on any atom is -0.292 e. The molecule has 0 bridgehead atoms. The van der Waals surface area contributed by atoms with Gasteiger partial charge in [-0.1, -0.05) is 79.6 Å². The molecule has 25 heavy (non-hydrogen) atoms. The molecule has 3 heteroatoms. The van der Waals surface area contributed by atoms with Gasteiger partial charge in [-0.05, 0) is 37.6 Å². The van der Waals surface area contributed by atoms with Gasteiger partial charge in [-0.15, -0.1) is 0 Å². The highest BCUT2D eigenvalue weighted by Gasteiger charge is 2.35. The van der Waals surface area contributed by atoms with Gasteiger partial charge >= 0.3 is 0 Å². The Morgan fingerprint density at radius 2 is 1.92 bits per heavy atom. The van der Waals surface area contributed by atoms with Gasteiger partial charge in [0.15, 0.2) is 0 Å². The second kappa shape index (κ2) is 9.09. The summed E-state index contributed by atoms with van der Waals surface area (Å²) in [5.74, 6) is 0.000581. The van der Waals surface area contributed by atoms with E-state index < -0.39 is 0 Å². The van der Waals surface area contributed by atoms with E-state index in [0.29, 0.717) is 0 Å². The molecule has 0 aliphatic carbocycles. The molecule has 0 saturated carbocycles. The molecule has 1 amide bonds. The molecule has 0 fully saturated rings. The van der Waals surface area contributed by atoms with Crippen molar-refractivity contribution in [2.24, 2.45) is 0 Å². The lowest BCUT2D eigenvalue weighted by Crippen LogP contribution is -2.41. The molecule has 1 aromatic rings. The maximum Gasteiger partial charge on any atom is 0.260 e. The highest BCUT2D eigenvalue weighted by atomic mass is 32.2. The van der Waals surface area contributed by atoms with Gasteiger partial charge < -0.3 is 0 Å². The van der Waals surface area contributed by atoms with Gasteiger partial charge in [-0.2, -0.15) is 0 Å². The summed E-state index contributed by atoms with van der Waals surface area (Å²) in [6, 6.07) is 7.74. The summed E-state index contributed by atoms with van der Waals surface area (Å²) < 4.78 is 0. The van der Waals surface area contributed by atoms with Crippen LogP contribution in [0.25, 0.3) is 0 Å². The van der Waals surface area contributed by atoms with Crippen molar-refractivity contribution < 1.29 is 4.79 Å². The number of hydrogen-bond donors (Lipinski definition) is 0. The largest absolute Gasteiger partial charge is 0.292 e. The fourth-order valence-electron chi connectivity index (χ4n) is 2.66. The SMILES string of the molecule is C=C/C=C\C(=C/C)N1C(=O)c2ccccc2SC1C(/C=C\C)=C/C=C. The second-order valence-electron chi connectivity index (χ2n) is 5.35. The zero-order chi connectivity index (χ0) is 18.2. The summed E-state index contributed by atoms with van der Waals surface area (Å²) in [6.07, 6.45) is 15.1. The first-order valence-electron chi connectivity index (χ1n) is 8.17. The molecular weight excluding hydrogens is 326 g/mol. The molecule has 2 nitrogen and oxygen atoms in total. The van der Waals surface area contributed by atoms with Crippen LogP contribution in [0.3, 0.4) is 0 Å². The summed E-state index contributed by atoms with van der Waals surface area (Å²) in [7, 11) is 0. The lowest BCUT2D eigenvalue weighted by molar-refractivity contribution is 0.0801. The average molecular weight is 349 g/mol. The number of nitrogens with zero attached hydrogens (tertiary/aromatic N) is 1. The zero-order valence-electron chi connectivity index (χ0n) is 14.7. The van der Waals surface area contributed by atoms with Crippen molar-refractivity contribution in [1.82, 2.24) is 4.90 Å². The van der Waals surface area contributed by atoms with Crippen LogP contribution in [-0.2, 0) is 0 Å². The molecule has 1 heterocycles. The van der Waals surface area contributed by atoms with E-state index in [0.717, 1.165) is 21.7 Å². The van der Waals surface area contributed by atoms with E-state index in [-0.39, 0.29) is 11.3 Å². The van der Waals surface area contributed by atoms with E-state index in [2.05, 4.69) is 13.2 Å². The third-order valence-electron chi connectivity index (χ3n) is 3.74. The van der Waals surface area contributed by atoms with Gasteiger partial charge in [0.1, 0.15) is 5.37 Å². The van der Waals surface area contributed by atoms with Crippen LogP contribution >= 0.6 is 11.8 Å². The topological polar surface area (TPSA) is 20.3 Å². The Hall–Kier alpha value is -2.52. The summed E-state index contributed by atoms with van der Waals surface area (Å²) in [6.45, 7) is 11.4. The molecule has 0 radical (unpaired) electrons. The number of carbonyl (C=O) groups is 1. The fourth-order valence-corrected chi connectivity index (χ4v) is 3.95. The maximum atomic E-state index is 13.2. The van der Waals surface area contributed by atoms with Gasteiger partial charge in [0.2, 0.25) is 0 Å². The monoisotopic (exact) mass is 349 g/mol. The van der Waals surface area contributed by atoms with E-state index in [9.17, 15) is 4.79 Å². The first-order chi connectivity index (χ1) is 12.2. The van der Waals surface area contributed by atoms with Crippen molar-refractivity contribution in [3.63, 3.8) is 0 Å². The summed E-state index contributed by atoms with van der Waals surface area (Å²) >= 11 is 1.67. The fraction of sp³-hybridized carbons (Fsp3) is 0.136. The molecule has 128 valence electrons. The molecule has 0 N–H and O–H groups in total. The Morgan fingerprint density at radius 1 is 1.16 bits per heavy atom. The lowest BCUT2D eigenvalue weighted by Gasteiger charge is -2.37. The third-order valence-corrected chi connectivity index (χ3v) is 5.06. The highest BCUT2D eigenvalue weighted by Crippen LogP contribution is 2.41. The normalized spacial score (nSPS) is 18.7. The van der Waals surface area contributed by atoms with Crippen molar-refractivity contribution in [2.75, 3.05) is 0 Å². The van der Waals surface area contributed by atoms with E-state index in [4.69, 9.17) is 0 Å². The Morgan fingerprint density at radius 3 is 2.56 bits per heavy atom. The number of hydrogen-bond acceptors (Lipinski definition) is 2. The average Bonchev–Trinajstić information content (AvgIpc) is 2.63. The Labute approximate surface area is 154 Å². The second-order valence-corrected chi connectivity index (χ2v) is 6.47. The summed E-state index contributed by atoms with van der Waals surface area (Å²) in [5, 5.41) is -0.155. The van der Waals surface area contributed by atoms with Crippen molar-refractivity contribution in [1.29, 1.82) is 0 Å². The molecular formula is C22H23NOS. The smallest absolute Gasteiger partial charge is 0.260 e. The maximum absolute atomic E-state index is 13.2. The number of fused-ring (bicyclic) bond motifs is 1. The van der Waals surface area contributed by atoms with Crippen LogP contribution in [0.5, 0.6) is 0 Å². The Bertz CT molecular complexity index is 783. The third kappa shape index (κ3) is 4.12.